The molecule has 1 aromatic rings. The van der Waals surface area contributed by atoms with Gasteiger partial charge in [-0.2, -0.15) is 0 Å². The van der Waals surface area contributed by atoms with E-state index in [1.54, 1.807) is 0 Å². The zero-order chi connectivity index (χ0) is 27.0. The fourth-order valence-corrected chi connectivity index (χ4v) is 5.39. The zero-order valence-electron chi connectivity index (χ0n) is 17.7. The van der Waals surface area contributed by atoms with Gasteiger partial charge < -0.3 is 49.3 Å². The quantitative estimate of drug-likeness (QED) is 0.152. The number of ether oxygens (including phenoxy) is 2. The highest BCUT2D eigenvalue weighted by Crippen LogP contribution is 2.57. The largest absolute Gasteiger partial charge is 0.756 e. The zero-order valence-corrected chi connectivity index (χ0v) is 19.5. The van der Waals surface area contributed by atoms with Crippen LogP contribution in [-0.4, -0.2) is 97.4 Å². The maximum Gasteiger partial charge on any atom is 0.330 e. The number of hydrogen-bond donors (Lipinski definition) is 6. The van der Waals surface area contributed by atoms with E-state index in [0.29, 0.717) is 4.57 Å². The Balaban J connectivity index is 1.61. The Morgan fingerprint density at radius 1 is 1.03 bits per heavy atom. The van der Waals surface area contributed by atoms with Gasteiger partial charge in [0.05, 0.1) is 13.2 Å². The van der Waals surface area contributed by atoms with Crippen LogP contribution in [0.2, 0.25) is 0 Å². The average molecular weight is 566 g/mol. The Morgan fingerprint density at radius 3 is 2.28 bits per heavy atom. The Morgan fingerprint density at radius 2 is 1.67 bits per heavy atom. The van der Waals surface area contributed by atoms with Crippen molar-refractivity contribution < 1.29 is 71.7 Å². The third-order valence-electron chi connectivity index (χ3n) is 5.10. The molecule has 11 atom stereocenters. The summed E-state index contributed by atoms with van der Waals surface area (Å²) in [7, 11) is -11.8. The second-order valence-electron chi connectivity index (χ2n) is 7.59. The van der Waals surface area contributed by atoms with Gasteiger partial charge in [-0.25, -0.2) is 13.5 Å². The lowest BCUT2D eigenvalue weighted by Crippen LogP contribution is -2.57. The fraction of sp³-hybridized carbons (Fsp3) is 0.733. The highest BCUT2D eigenvalue weighted by molar-refractivity contribution is 7.59. The first-order valence-corrected chi connectivity index (χ1v) is 12.8. The number of aliphatic hydroxyl groups excluding tert-OH is 5. The molecule has 0 spiro atoms. The molecule has 2 fully saturated rings. The number of aliphatic hydroxyl groups is 5. The summed E-state index contributed by atoms with van der Waals surface area (Å²) in [6.45, 7) is -2.13. The molecule has 18 nitrogen and oxygen atoms in total. The first kappa shape index (κ1) is 29.2. The van der Waals surface area contributed by atoms with Gasteiger partial charge >= 0.3 is 5.69 Å². The van der Waals surface area contributed by atoms with E-state index in [4.69, 9.17) is 9.84 Å². The summed E-state index contributed by atoms with van der Waals surface area (Å²) in [4.78, 5) is 48.8. The van der Waals surface area contributed by atoms with Crippen molar-refractivity contribution in [1.82, 2.24) is 9.55 Å². The second kappa shape index (κ2) is 11.1. The number of nitrogens with one attached hydrogen (secondary N) is 1. The molecule has 3 heterocycles. The van der Waals surface area contributed by atoms with Crippen molar-refractivity contribution in [1.29, 1.82) is 0 Å². The number of H-pyrrole nitrogens is 1. The molecule has 2 aliphatic rings. The van der Waals surface area contributed by atoms with Gasteiger partial charge in [-0.15, -0.1) is 0 Å². The predicted molar refractivity (Wildman–Crippen MR) is 103 cm³/mol. The summed E-state index contributed by atoms with van der Waals surface area (Å²) in [5.41, 5.74) is -1.80. The van der Waals surface area contributed by atoms with E-state index < -0.39 is 95.4 Å². The van der Waals surface area contributed by atoms with Crippen LogP contribution in [0.1, 0.15) is 6.23 Å². The van der Waals surface area contributed by atoms with E-state index in [9.17, 15) is 53.3 Å². The summed E-state index contributed by atoms with van der Waals surface area (Å²) in [6, 6.07) is 0.902. The second-order valence-corrected chi connectivity index (χ2v) is 10.5. The number of halogens is 1. The van der Waals surface area contributed by atoms with Crippen LogP contribution >= 0.6 is 15.6 Å². The normalized spacial score (nSPS) is 38.4. The molecule has 0 radical (unpaired) electrons. The molecule has 0 aliphatic carbocycles. The molecule has 2 unspecified atom stereocenters. The standard InChI is InChI=1S/C15H23FN2O16P2/c16-8-11(23)9(21)5(3-19)32-14(8)33-36(28,29)34-35(26,27)30-4-6-10(22)12(24)13(31-6)18-2-1-7(20)17-15(18)25/h1-2,5-6,8-14,19,21-24H,3-4H2,(H,26,27)(H,28,29)(H,17,20,25)/p-2/t5-,6-,8-,9+,10-,11-,12-,13-,14-/m1/s1. The summed E-state index contributed by atoms with van der Waals surface area (Å²) in [5.74, 6) is 0. The van der Waals surface area contributed by atoms with E-state index in [0.717, 1.165) is 12.3 Å². The molecule has 0 bridgehead atoms. The van der Waals surface area contributed by atoms with E-state index in [-0.39, 0.29) is 0 Å². The summed E-state index contributed by atoms with van der Waals surface area (Å²) in [6.07, 6.45) is -17.1. The fourth-order valence-electron chi connectivity index (χ4n) is 3.31. The van der Waals surface area contributed by atoms with Crippen LogP contribution in [-0.2, 0) is 32.0 Å². The SMILES string of the molecule is O=c1ccn([C@@H]2O[C@H](COP(=O)([O-])OP(=O)([O-])O[C@H]3O[C@H](CO)[C@H](O)[C@H](O)[C@H]3F)[C@@H](O)[C@H]2O)c(=O)[nH]1. The van der Waals surface area contributed by atoms with E-state index >= 15 is 0 Å². The topological polar surface area (TPSA) is 282 Å². The van der Waals surface area contributed by atoms with Gasteiger partial charge in [0.15, 0.2) is 18.7 Å². The third kappa shape index (κ3) is 6.53. The van der Waals surface area contributed by atoms with Gasteiger partial charge in [-0.1, -0.05) is 0 Å². The number of alkyl halides is 1. The molecule has 21 heteroatoms. The Hall–Kier alpha value is -1.41. The molecule has 206 valence electrons. The van der Waals surface area contributed by atoms with Crippen molar-refractivity contribution in [2.75, 3.05) is 13.2 Å². The van der Waals surface area contributed by atoms with E-state index in [1.165, 1.54) is 0 Å². The van der Waals surface area contributed by atoms with Gasteiger partial charge in [0.1, 0.15) is 36.6 Å². The van der Waals surface area contributed by atoms with Crippen LogP contribution < -0.4 is 21.0 Å². The minimum absolute atomic E-state index is 0.685. The molecule has 36 heavy (non-hydrogen) atoms. The van der Waals surface area contributed by atoms with Crippen LogP contribution in [0.25, 0.3) is 0 Å². The van der Waals surface area contributed by atoms with Crippen LogP contribution in [0.15, 0.2) is 21.9 Å². The van der Waals surface area contributed by atoms with E-state index in [2.05, 4.69) is 18.1 Å². The molecule has 1 aromatic heterocycles. The van der Waals surface area contributed by atoms with Crippen molar-refractivity contribution in [3.63, 3.8) is 0 Å². The van der Waals surface area contributed by atoms with Gasteiger partial charge in [0.25, 0.3) is 21.2 Å². The first-order valence-electron chi connectivity index (χ1n) is 9.92. The molecule has 0 amide bonds. The van der Waals surface area contributed by atoms with Crippen LogP contribution in [0.4, 0.5) is 4.39 Å². The minimum atomic E-state index is -5.98. The van der Waals surface area contributed by atoms with E-state index in [1.807, 2.05) is 4.98 Å². The maximum atomic E-state index is 14.1. The Bertz CT molecular complexity index is 1130. The molecule has 6 N–H and O–H groups in total. The minimum Gasteiger partial charge on any atom is -0.756 e. The van der Waals surface area contributed by atoms with Crippen molar-refractivity contribution in [2.45, 2.75) is 55.3 Å². The molecule has 2 saturated heterocycles. The highest BCUT2D eigenvalue weighted by atomic mass is 31.3. The molecule has 2 aliphatic heterocycles. The lowest BCUT2D eigenvalue weighted by Gasteiger charge is -2.41. The van der Waals surface area contributed by atoms with Crippen molar-refractivity contribution in [2.24, 2.45) is 0 Å². The molecular weight excluding hydrogens is 545 g/mol. The molecule has 0 aromatic carbocycles. The molecule has 3 rings (SSSR count). The first-order chi connectivity index (χ1) is 16.7. The van der Waals surface area contributed by atoms with Gasteiger partial charge in [-0.05, 0) is 0 Å². The van der Waals surface area contributed by atoms with Crippen LogP contribution in [0, 0.1) is 0 Å². The Kier molecular flexibility index (Phi) is 9.02. The highest BCUT2D eigenvalue weighted by Gasteiger charge is 2.47. The average Bonchev–Trinajstić information content (AvgIpc) is 3.06. The smallest absolute Gasteiger partial charge is 0.330 e. The lowest BCUT2D eigenvalue weighted by atomic mass is 10.0. The van der Waals surface area contributed by atoms with Gasteiger partial charge in [0, 0.05) is 12.3 Å². The van der Waals surface area contributed by atoms with Gasteiger partial charge in [0.2, 0.25) is 0 Å². The number of aromatic nitrogens is 2. The lowest BCUT2D eigenvalue weighted by molar-refractivity contribution is -0.295. The number of hydrogen-bond acceptors (Lipinski definition) is 16. The third-order valence-corrected chi connectivity index (χ3v) is 7.63. The number of phosphoric ester groups is 2. The van der Waals surface area contributed by atoms with Crippen molar-refractivity contribution >= 4 is 15.6 Å². The Labute approximate surface area is 199 Å². The molecular formula is C15H21FN2O16P2-2. The van der Waals surface area contributed by atoms with Crippen LogP contribution in [0.5, 0.6) is 0 Å². The summed E-state index contributed by atoms with van der Waals surface area (Å²) >= 11 is 0. The molecule has 0 saturated carbocycles. The van der Waals surface area contributed by atoms with Crippen molar-refractivity contribution in [3.8, 4) is 0 Å². The monoisotopic (exact) mass is 566 g/mol. The maximum absolute atomic E-state index is 14.1. The number of aromatic amines is 1. The summed E-state index contributed by atoms with van der Waals surface area (Å²) in [5, 5.41) is 48.3. The van der Waals surface area contributed by atoms with Crippen LogP contribution in [0.3, 0.4) is 0 Å². The summed E-state index contributed by atoms with van der Waals surface area (Å²) < 4.78 is 60.7. The predicted octanol–water partition coefficient (Wildman–Crippen LogP) is -5.08. The number of phosphoric acid groups is 2. The van der Waals surface area contributed by atoms with Crippen molar-refractivity contribution in [3.05, 3.63) is 33.1 Å². The number of nitrogens with zero attached hydrogens (tertiary/aromatic N) is 1. The number of rotatable bonds is 9. The van der Waals surface area contributed by atoms with Gasteiger partial charge in [-0.3, -0.25) is 28.0 Å².